The number of fused-ring (bicyclic) bond motifs is 2. The lowest BCUT2D eigenvalue weighted by Gasteiger charge is -2.27. The lowest BCUT2D eigenvalue weighted by atomic mass is 9.84. The van der Waals surface area contributed by atoms with Gasteiger partial charge in [-0.1, -0.05) is 0 Å². The molecule has 21 heavy (non-hydrogen) atoms. The Balaban J connectivity index is 1.78. The highest BCUT2D eigenvalue weighted by Gasteiger charge is 2.49. The van der Waals surface area contributed by atoms with E-state index in [9.17, 15) is 13.6 Å². The molecule has 0 aliphatic heterocycles. The van der Waals surface area contributed by atoms with Gasteiger partial charge in [-0.25, -0.2) is 8.78 Å². The van der Waals surface area contributed by atoms with Gasteiger partial charge in [-0.15, -0.1) is 0 Å². The first kappa shape index (κ1) is 14.3. The molecule has 4 atom stereocenters. The zero-order valence-electron chi connectivity index (χ0n) is 11.7. The van der Waals surface area contributed by atoms with Gasteiger partial charge in [0.15, 0.2) is 17.4 Å². The summed E-state index contributed by atoms with van der Waals surface area (Å²) in [4.78, 5) is 12.3. The molecule has 0 radical (unpaired) electrons. The van der Waals surface area contributed by atoms with Crippen LogP contribution >= 0.6 is 0 Å². The van der Waals surface area contributed by atoms with Crippen molar-refractivity contribution in [2.75, 3.05) is 12.4 Å². The summed E-state index contributed by atoms with van der Waals surface area (Å²) < 4.78 is 32.2. The first-order valence-corrected chi connectivity index (χ1v) is 7.10. The van der Waals surface area contributed by atoms with Crippen LogP contribution in [0.5, 0.6) is 5.75 Å². The molecule has 2 saturated carbocycles. The van der Waals surface area contributed by atoms with Crippen molar-refractivity contribution in [3.05, 3.63) is 23.8 Å². The highest BCUT2D eigenvalue weighted by atomic mass is 19.1. The molecule has 2 bridgehead atoms. The molecule has 114 valence electrons. The van der Waals surface area contributed by atoms with Crippen molar-refractivity contribution < 1.29 is 18.3 Å². The molecular weight excluding hydrogens is 278 g/mol. The Bertz CT molecular complexity index is 577. The number of carbonyl (C=O) groups is 1. The summed E-state index contributed by atoms with van der Waals surface area (Å²) >= 11 is 0. The Morgan fingerprint density at radius 2 is 2.00 bits per heavy atom. The second kappa shape index (κ2) is 5.26. The minimum absolute atomic E-state index is 0.173. The lowest BCUT2D eigenvalue weighted by molar-refractivity contribution is -0.121. The molecule has 0 spiro atoms. The minimum atomic E-state index is -0.724. The molecule has 4 nitrogen and oxygen atoms in total. The molecule has 2 aliphatic rings. The van der Waals surface area contributed by atoms with Crippen molar-refractivity contribution in [2.24, 2.45) is 23.5 Å². The number of nitrogens with one attached hydrogen (secondary N) is 1. The van der Waals surface area contributed by atoms with E-state index in [1.165, 1.54) is 7.11 Å². The Kier molecular flexibility index (Phi) is 3.57. The fraction of sp³-hybridized carbons (Fsp3) is 0.533. The molecular formula is C15H18F2N2O2. The number of amides is 1. The molecule has 3 N–H and O–H groups in total. The Hall–Kier alpha value is -1.69. The summed E-state index contributed by atoms with van der Waals surface area (Å²) in [5.74, 6) is -1.63. The van der Waals surface area contributed by atoms with E-state index in [1.54, 1.807) is 0 Å². The standard InChI is InChI=1S/C15H18F2N2O2/c1-21-12-6-9(16)11(5-10(12)17)19-15(20)13-7-2-3-8(4-7)14(13)18/h5-8,13-14H,2-4,18H2,1H3,(H,19,20). The van der Waals surface area contributed by atoms with Crippen LogP contribution in [-0.2, 0) is 4.79 Å². The van der Waals surface area contributed by atoms with Crippen molar-refractivity contribution in [2.45, 2.75) is 25.3 Å². The second-order valence-corrected chi connectivity index (χ2v) is 5.89. The van der Waals surface area contributed by atoms with Gasteiger partial charge in [0.1, 0.15) is 0 Å². The van der Waals surface area contributed by atoms with Gasteiger partial charge in [-0.2, -0.15) is 0 Å². The van der Waals surface area contributed by atoms with Gasteiger partial charge in [0.2, 0.25) is 5.91 Å². The quantitative estimate of drug-likeness (QED) is 0.899. The number of ether oxygens (including phenoxy) is 1. The first-order chi connectivity index (χ1) is 10.0. The molecule has 2 aliphatic carbocycles. The van der Waals surface area contributed by atoms with Crippen LogP contribution in [0.2, 0.25) is 0 Å². The third-order valence-corrected chi connectivity index (χ3v) is 4.78. The van der Waals surface area contributed by atoms with E-state index in [0.29, 0.717) is 5.92 Å². The van der Waals surface area contributed by atoms with E-state index in [1.807, 2.05) is 0 Å². The van der Waals surface area contributed by atoms with Crippen LogP contribution in [0.25, 0.3) is 0 Å². The summed E-state index contributed by atoms with van der Waals surface area (Å²) in [5.41, 5.74) is 5.91. The lowest BCUT2D eigenvalue weighted by Crippen LogP contribution is -2.42. The topological polar surface area (TPSA) is 64.3 Å². The third kappa shape index (κ3) is 2.37. The highest BCUT2D eigenvalue weighted by Crippen LogP contribution is 2.48. The summed E-state index contributed by atoms with van der Waals surface area (Å²) in [6, 6.07) is 1.67. The predicted octanol–water partition coefficient (Wildman–Crippen LogP) is 2.29. The second-order valence-electron chi connectivity index (χ2n) is 5.89. The Morgan fingerprint density at radius 3 is 2.62 bits per heavy atom. The van der Waals surface area contributed by atoms with Gasteiger partial charge in [0, 0.05) is 18.2 Å². The largest absolute Gasteiger partial charge is 0.494 e. The molecule has 0 heterocycles. The fourth-order valence-electron chi connectivity index (χ4n) is 3.72. The average Bonchev–Trinajstić information content (AvgIpc) is 3.03. The van der Waals surface area contributed by atoms with Crippen LogP contribution in [-0.4, -0.2) is 19.1 Å². The number of anilines is 1. The molecule has 1 aromatic rings. The van der Waals surface area contributed by atoms with E-state index in [0.717, 1.165) is 31.4 Å². The van der Waals surface area contributed by atoms with Crippen LogP contribution in [0, 0.1) is 29.4 Å². The summed E-state index contributed by atoms with van der Waals surface area (Å²) in [7, 11) is 1.25. The molecule has 1 amide bonds. The van der Waals surface area contributed by atoms with Gasteiger partial charge in [-0.05, 0) is 31.1 Å². The molecule has 3 rings (SSSR count). The van der Waals surface area contributed by atoms with Gasteiger partial charge in [-0.3, -0.25) is 4.79 Å². The summed E-state index contributed by atoms with van der Waals surface area (Å²) in [6.45, 7) is 0. The Labute approximate surface area is 121 Å². The van der Waals surface area contributed by atoms with Crippen LogP contribution in [0.15, 0.2) is 12.1 Å². The molecule has 0 saturated heterocycles. The normalized spacial score (nSPS) is 30.5. The SMILES string of the molecule is COc1cc(F)c(NC(=O)C2C3CCC(C3)C2N)cc1F. The maximum Gasteiger partial charge on any atom is 0.229 e. The third-order valence-electron chi connectivity index (χ3n) is 4.78. The predicted molar refractivity (Wildman–Crippen MR) is 73.8 cm³/mol. The van der Waals surface area contributed by atoms with Crippen molar-refractivity contribution in [3.8, 4) is 5.75 Å². The first-order valence-electron chi connectivity index (χ1n) is 7.10. The smallest absolute Gasteiger partial charge is 0.229 e. The van der Waals surface area contributed by atoms with Gasteiger partial charge < -0.3 is 15.8 Å². The molecule has 4 unspecified atom stereocenters. The number of halogens is 2. The fourth-order valence-corrected chi connectivity index (χ4v) is 3.72. The van der Waals surface area contributed by atoms with Crippen LogP contribution in [0.3, 0.4) is 0 Å². The van der Waals surface area contributed by atoms with E-state index in [2.05, 4.69) is 5.32 Å². The van der Waals surface area contributed by atoms with Gasteiger partial charge >= 0.3 is 0 Å². The number of benzene rings is 1. The van der Waals surface area contributed by atoms with E-state index in [4.69, 9.17) is 10.5 Å². The highest BCUT2D eigenvalue weighted by molar-refractivity contribution is 5.93. The van der Waals surface area contributed by atoms with Gasteiger partial charge in [0.25, 0.3) is 0 Å². The maximum atomic E-state index is 13.9. The zero-order valence-corrected chi connectivity index (χ0v) is 11.7. The number of hydrogen-bond donors (Lipinski definition) is 2. The number of nitrogens with two attached hydrogens (primary N) is 1. The van der Waals surface area contributed by atoms with E-state index in [-0.39, 0.29) is 35.2 Å². The van der Waals surface area contributed by atoms with Gasteiger partial charge in [0.05, 0.1) is 18.7 Å². The van der Waals surface area contributed by atoms with Crippen molar-refractivity contribution in [1.29, 1.82) is 0 Å². The number of carbonyl (C=O) groups excluding carboxylic acids is 1. The molecule has 2 fully saturated rings. The zero-order chi connectivity index (χ0) is 15.1. The number of rotatable bonds is 3. The van der Waals surface area contributed by atoms with Crippen molar-refractivity contribution in [3.63, 3.8) is 0 Å². The summed E-state index contributed by atoms with van der Waals surface area (Å²) in [5, 5.41) is 2.47. The average molecular weight is 296 g/mol. The number of methoxy groups -OCH3 is 1. The Morgan fingerprint density at radius 1 is 1.29 bits per heavy atom. The van der Waals surface area contributed by atoms with Crippen molar-refractivity contribution >= 4 is 11.6 Å². The minimum Gasteiger partial charge on any atom is -0.494 e. The van der Waals surface area contributed by atoms with E-state index >= 15 is 0 Å². The van der Waals surface area contributed by atoms with Crippen LogP contribution < -0.4 is 15.8 Å². The molecule has 0 aromatic heterocycles. The van der Waals surface area contributed by atoms with Crippen LogP contribution in [0.1, 0.15) is 19.3 Å². The van der Waals surface area contributed by atoms with Crippen LogP contribution in [0.4, 0.5) is 14.5 Å². The van der Waals surface area contributed by atoms with E-state index < -0.39 is 11.6 Å². The maximum absolute atomic E-state index is 13.9. The molecule has 1 aromatic carbocycles. The van der Waals surface area contributed by atoms with Crippen molar-refractivity contribution in [1.82, 2.24) is 0 Å². The summed E-state index contributed by atoms with van der Waals surface area (Å²) in [6.07, 6.45) is 3.00. The number of hydrogen-bond acceptors (Lipinski definition) is 3. The monoisotopic (exact) mass is 296 g/mol. The molecule has 6 heteroatoms.